The van der Waals surface area contributed by atoms with Crippen LogP contribution < -0.4 is 20.1 Å². The van der Waals surface area contributed by atoms with Crippen LogP contribution in [0.5, 0.6) is 11.5 Å². The number of carbonyl (C=O) groups excluding carboxylic acids is 2. The van der Waals surface area contributed by atoms with Crippen molar-refractivity contribution in [3.05, 3.63) is 53.1 Å². The second-order valence-corrected chi connectivity index (χ2v) is 6.20. The van der Waals surface area contributed by atoms with Gasteiger partial charge in [-0.2, -0.15) is 0 Å². The smallest absolute Gasteiger partial charge is 0.278 e. The molecule has 1 atom stereocenters. The van der Waals surface area contributed by atoms with E-state index in [9.17, 15) is 9.59 Å². The first-order valence-corrected chi connectivity index (χ1v) is 8.01. The molecular formula is C18H17ClN2O4. The summed E-state index contributed by atoms with van der Waals surface area (Å²) in [5, 5.41) is 5.85. The van der Waals surface area contributed by atoms with Gasteiger partial charge in [0.05, 0.1) is 12.8 Å². The van der Waals surface area contributed by atoms with Gasteiger partial charge in [0, 0.05) is 11.6 Å². The summed E-state index contributed by atoms with van der Waals surface area (Å²) < 4.78 is 10.8. The van der Waals surface area contributed by atoms with Crippen LogP contribution >= 0.6 is 11.6 Å². The van der Waals surface area contributed by atoms with E-state index in [1.54, 1.807) is 25.3 Å². The van der Waals surface area contributed by atoms with Crippen molar-refractivity contribution in [2.24, 2.45) is 0 Å². The fraction of sp³-hybridized carbons (Fsp3) is 0.222. The molecule has 130 valence electrons. The monoisotopic (exact) mass is 360 g/mol. The number of hydrogen-bond acceptors (Lipinski definition) is 4. The third-order valence-electron chi connectivity index (χ3n) is 3.96. The Balaban J connectivity index is 1.74. The quantitative estimate of drug-likeness (QED) is 0.822. The van der Waals surface area contributed by atoms with Crippen molar-refractivity contribution in [2.45, 2.75) is 19.1 Å². The zero-order chi connectivity index (χ0) is 18.0. The number of amides is 2. The van der Waals surface area contributed by atoms with Crippen LogP contribution in [0, 0.1) is 0 Å². The van der Waals surface area contributed by atoms with Gasteiger partial charge in [-0.25, -0.2) is 0 Å². The third kappa shape index (κ3) is 3.39. The molecule has 7 heteroatoms. The Morgan fingerprint density at radius 3 is 2.88 bits per heavy atom. The molecule has 6 nitrogen and oxygen atoms in total. The highest BCUT2D eigenvalue weighted by molar-refractivity contribution is 6.31. The Kier molecular flexibility index (Phi) is 4.55. The van der Waals surface area contributed by atoms with Crippen LogP contribution in [0.25, 0.3) is 0 Å². The third-order valence-corrected chi connectivity index (χ3v) is 4.19. The summed E-state index contributed by atoms with van der Waals surface area (Å²) in [5.41, 5.74) is -0.380. The number of carbonyl (C=O) groups is 2. The van der Waals surface area contributed by atoms with Crippen molar-refractivity contribution in [2.75, 3.05) is 12.4 Å². The summed E-state index contributed by atoms with van der Waals surface area (Å²) in [6, 6.07) is 12.1. The molecule has 0 fully saturated rings. The van der Waals surface area contributed by atoms with Crippen LogP contribution in [-0.2, 0) is 16.1 Å². The van der Waals surface area contributed by atoms with Crippen LogP contribution in [0.2, 0.25) is 5.02 Å². The fourth-order valence-electron chi connectivity index (χ4n) is 2.48. The normalized spacial score (nSPS) is 18.6. The first-order chi connectivity index (χ1) is 11.9. The average molecular weight is 361 g/mol. The fourth-order valence-corrected chi connectivity index (χ4v) is 2.65. The van der Waals surface area contributed by atoms with Gasteiger partial charge in [-0.3, -0.25) is 9.59 Å². The molecule has 1 aliphatic rings. The van der Waals surface area contributed by atoms with Crippen molar-refractivity contribution in [1.29, 1.82) is 0 Å². The van der Waals surface area contributed by atoms with Gasteiger partial charge in [-0.05, 0) is 42.8 Å². The maximum Gasteiger partial charge on any atom is 0.278 e. The van der Waals surface area contributed by atoms with E-state index in [-0.39, 0.29) is 6.54 Å². The number of fused-ring (bicyclic) bond motifs is 1. The molecular weight excluding hydrogens is 344 g/mol. The van der Waals surface area contributed by atoms with E-state index >= 15 is 0 Å². The van der Waals surface area contributed by atoms with Crippen LogP contribution in [0.3, 0.4) is 0 Å². The Hall–Kier alpha value is -2.73. The van der Waals surface area contributed by atoms with E-state index in [2.05, 4.69) is 10.6 Å². The largest absolute Gasteiger partial charge is 0.497 e. The molecule has 0 bridgehead atoms. The number of rotatable bonds is 4. The maximum atomic E-state index is 12.6. The molecule has 0 aromatic heterocycles. The van der Waals surface area contributed by atoms with Crippen LogP contribution in [-0.4, -0.2) is 24.5 Å². The standard InChI is InChI=1S/C18H17ClN2O4/c1-18(16(22)20-10-11-4-3-5-13(8-11)24-2)17(23)21-14-9-12(19)6-7-15(14)25-18/h3-9H,10H2,1-2H3,(H,20,22)(H,21,23). The Bertz CT molecular complexity index is 840. The van der Waals surface area contributed by atoms with Gasteiger partial charge in [-0.15, -0.1) is 0 Å². The van der Waals surface area contributed by atoms with Crippen LogP contribution in [0.1, 0.15) is 12.5 Å². The van der Waals surface area contributed by atoms with E-state index in [0.29, 0.717) is 22.2 Å². The van der Waals surface area contributed by atoms with Crippen molar-refractivity contribution >= 4 is 29.1 Å². The molecule has 1 unspecified atom stereocenters. The van der Waals surface area contributed by atoms with Gasteiger partial charge in [0.25, 0.3) is 17.4 Å². The highest BCUT2D eigenvalue weighted by Gasteiger charge is 2.47. The number of methoxy groups -OCH3 is 1. The Morgan fingerprint density at radius 1 is 1.32 bits per heavy atom. The van der Waals surface area contributed by atoms with Crippen LogP contribution in [0.15, 0.2) is 42.5 Å². The van der Waals surface area contributed by atoms with Crippen LogP contribution in [0.4, 0.5) is 5.69 Å². The molecule has 1 heterocycles. The summed E-state index contributed by atoms with van der Waals surface area (Å²) in [6.07, 6.45) is 0. The van der Waals surface area contributed by atoms with E-state index < -0.39 is 17.4 Å². The molecule has 2 aromatic rings. The zero-order valence-electron chi connectivity index (χ0n) is 13.8. The minimum atomic E-state index is -1.67. The predicted octanol–water partition coefficient (Wildman–Crippen LogP) is 2.75. The number of anilines is 1. The maximum absolute atomic E-state index is 12.6. The molecule has 3 rings (SSSR count). The van der Waals surface area contributed by atoms with E-state index in [0.717, 1.165) is 5.56 Å². The number of benzene rings is 2. The molecule has 0 radical (unpaired) electrons. The highest BCUT2D eigenvalue weighted by Crippen LogP contribution is 2.35. The summed E-state index contributed by atoms with van der Waals surface area (Å²) in [7, 11) is 1.57. The lowest BCUT2D eigenvalue weighted by Gasteiger charge is -2.33. The first-order valence-electron chi connectivity index (χ1n) is 7.63. The highest BCUT2D eigenvalue weighted by atomic mass is 35.5. The lowest BCUT2D eigenvalue weighted by Crippen LogP contribution is -2.58. The minimum absolute atomic E-state index is 0.246. The van der Waals surface area contributed by atoms with Gasteiger partial charge in [0.2, 0.25) is 0 Å². The number of ether oxygens (including phenoxy) is 2. The summed E-state index contributed by atoms with van der Waals surface area (Å²) in [5.74, 6) is -0.00251. The van der Waals surface area contributed by atoms with Gasteiger partial charge >= 0.3 is 0 Å². The van der Waals surface area contributed by atoms with Crippen molar-refractivity contribution in [3.8, 4) is 11.5 Å². The summed E-state index contributed by atoms with van der Waals surface area (Å²) >= 11 is 5.90. The molecule has 0 aliphatic carbocycles. The topological polar surface area (TPSA) is 76.7 Å². The second-order valence-electron chi connectivity index (χ2n) is 5.76. The molecule has 0 saturated heterocycles. The SMILES string of the molecule is COc1cccc(CNC(=O)C2(C)Oc3ccc(Cl)cc3NC2=O)c1. The molecule has 0 spiro atoms. The van der Waals surface area contributed by atoms with Crippen molar-refractivity contribution < 1.29 is 19.1 Å². The lowest BCUT2D eigenvalue weighted by molar-refractivity contribution is -0.146. The van der Waals surface area contributed by atoms with Gasteiger partial charge in [0.15, 0.2) is 0 Å². The number of halogens is 1. The Labute approximate surface area is 150 Å². The van der Waals surface area contributed by atoms with Crippen molar-refractivity contribution in [3.63, 3.8) is 0 Å². The first kappa shape index (κ1) is 17.1. The summed E-state index contributed by atoms with van der Waals surface area (Å²) in [6.45, 7) is 1.68. The van der Waals surface area contributed by atoms with Gasteiger partial charge < -0.3 is 20.1 Å². The van der Waals surface area contributed by atoms with Gasteiger partial charge in [0.1, 0.15) is 11.5 Å². The van der Waals surface area contributed by atoms with E-state index in [4.69, 9.17) is 21.1 Å². The number of hydrogen-bond donors (Lipinski definition) is 2. The lowest BCUT2D eigenvalue weighted by atomic mass is 10.0. The molecule has 2 amide bonds. The van der Waals surface area contributed by atoms with E-state index in [1.807, 2.05) is 24.3 Å². The molecule has 2 N–H and O–H groups in total. The molecule has 0 saturated carbocycles. The van der Waals surface area contributed by atoms with Gasteiger partial charge in [-0.1, -0.05) is 23.7 Å². The number of nitrogens with one attached hydrogen (secondary N) is 2. The predicted molar refractivity (Wildman–Crippen MR) is 94.0 cm³/mol. The molecule has 25 heavy (non-hydrogen) atoms. The second kappa shape index (κ2) is 6.64. The zero-order valence-corrected chi connectivity index (χ0v) is 14.5. The van der Waals surface area contributed by atoms with E-state index in [1.165, 1.54) is 6.92 Å². The van der Waals surface area contributed by atoms with Crippen molar-refractivity contribution in [1.82, 2.24) is 5.32 Å². The average Bonchev–Trinajstić information content (AvgIpc) is 2.61. The molecule has 1 aliphatic heterocycles. The minimum Gasteiger partial charge on any atom is -0.497 e. The molecule has 2 aromatic carbocycles. The summed E-state index contributed by atoms with van der Waals surface area (Å²) in [4.78, 5) is 25.0. The Morgan fingerprint density at radius 2 is 2.12 bits per heavy atom.